The van der Waals surface area contributed by atoms with Crippen LogP contribution < -0.4 is 19.1 Å². The lowest BCUT2D eigenvalue weighted by Gasteiger charge is -2.32. The predicted molar refractivity (Wildman–Crippen MR) is 160 cm³/mol. The predicted octanol–water partition coefficient (Wildman–Crippen LogP) is 4.40. The molecule has 0 unspecified atom stereocenters. The zero-order valence-corrected chi connectivity index (χ0v) is 25.3. The van der Waals surface area contributed by atoms with E-state index in [-0.39, 0.29) is 34.7 Å². The number of sulfonamides is 1. The van der Waals surface area contributed by atoms with Gasteiger partial charge in [0.1, 0.15) is 24.1 Å². The summed E-state index contributed by atoms with van der Waals surface area (Å²) in [6, 6.07) is 19.3. The second-order valence-electron chi connectivity index (χ2n) is 10.2. The van der Waals surface area contributed by atoms with E-state index >= 15 is 0 Å². The molecule has 0 aliphatic heterocycles. The molecule has 0 saturated carbocycles. The van der Waals surface area contributed by atoms with Crippen LogP contribution in [0.3, 0.4) is 0 Å². The third kappa shape index (κ3) is 8.00. The lowest BCUT2D eigenvalue weighted by Crippen LogP contribution is -2.51. The van der Waals surface area contributed by atoms with Crippen molar-refractivity contribution in [2.75, 3.05) is 31.6 Å². The summed E-state index contributed by atoms with van der Waals surface area (Å²) in [5.74, 6) is 0.144. The smallest absolute Gasteiger partial charge is 0.264 e. The highest BCUT2D eigenvalue weighted by atomic mass is 32.2. The van der Waals surface area contributed by atoms with Crippen LogP contribution in [0.2, 0.25) is 0 Å². The number of amides is 2. The van der Waals surface area contributed by atoms with Gasteiger partial charge in [0.25, 0.3) is 10.0 Å². The minimum Gasteiger partial charge on any atom is -0.497 e. The van der Waals surface area contributed by atoms with E-state index < -0.39 is 28.5 Å². The average molecular weight is 582 g/mol. The van der Waals surface area contributed by atoms with Crippen LogP contribution in [0.5, 0.6) is 11.5 Å². The van der Waals surface area contributed by atoms with E-state index in [4.69, 9.17) is 9.47 Å². The van der Waals surface area contributed by atoms with E-state index in [2.05, 4.69) is 5.32 Å². The van der Waals surface area contributed by atoms with Gasteiger partial charge in [0, 0.05) is 13.1 Å². The van der Waals surface area contributed by atoms with Crippen LogP contribution in [0.1, 0.15) is 31.9 Å². The number of para-hydroxylation sites is 2. The number of carbonyl (C=O) groups excluding carboxylic acids is 2. The van der Waals surface area contributed by atoms with Crippen LogP contribution in [0.15, 0.2) is 77.7 Å². The zero-order chi connectivity index (χ0) is 30.2. The number of hydrogen-bond donors (Lipinski definition) is 1. The fourth-order valence-electron chi connectivity index (χ4n) is 4.27. The largest absolute Gasteiger partial charge is 0.497 e. The van der Waals surface area contributed by atoms with Gasteiger partial charge in [0.05, 0.1) is 24.8 Å². The van der Waals surface area contributed by atoms with Gasteiger partial charge in [0.2, 0.25) is 11.8 Å². The van der Waals surface area contributed by atoms with Gasteiger partial charge in [-0.05, 0) is 61.7 Å². The molecule has 0 spiro atoms. The normalized spacial score (nSPS) is 12.0. The summed E-state index contributed by atoms with van der Waals surface area (Å²) in [6.45, 7) is 7.58. The number of nitrogens with one attached hydrogen (secondary N) is 1. The van der Waals surface area contributed by atoms with Crippen LogP contribution in [-0.4, -0.2) is 58.5 Å². The van der Waals surface area contributed by atoms with Crippen molar-refractivity contribution in [2.45, 2.75) is 45.2 Å². The van der Waals surface area contributed by atoms with Gasteiger partial charge in [-0.25, -0.2) is 8.42 Å². The maximum atomic E-state index is 14.1. The molecule has 1 atom stereocenters. The first-order valence-corrected chi connectivity index (χ1v) is 14.8. The van der Waals surface area contributed by atoms with Crippen molar-refractivity contribution < 1.29 is 27.5 Å². The fourth-order valence-corrected chi connectivity index (χ4v) is 5.69. The van der Waals surface area contributed by atoms with Gasteiger partial charge < -0.3 is 19.7 Å². The second-order valence-corrected chi connectivity index (χ2v) is 12.0. The van der Waals surface area contributed by atoms with Gasteiger partial charge >= 0.3 is 0 Å². The second kappa shape index (κ2) is 14.0. The van der Waals surface area contributed by atoms with Crippen LogP contribution in [0, 0.1) is 12.8 Å². The lowest BCUT2D eigenvalue weighted by molar-refractivity contribution is -0.139. The van der Waals surface area contributed by atoms with E-state index in [0.717, 1.165) is 15.4 Å². The minimum atomic E-state index is -4.24. The van der Waals surface area contributed by atoms with Gasteiger partial charge in [-0.3, -0.25) is 13.9 Å². The van der Waals surface area contributed by atoms with Crippen molar-refractivity contribution in [3.8, 4) is 11.5 Å². The first kappa shape index (κ1) is 31.5. The SMILES string of the molecule is COc1ccc(S(=O)(=O)N(CC(=O)N(Cc2cccc(C)c2)[C@@H](C)C(=O)NCC(C)C)c2ccccc2OC)cc1. The molecular formula is C31H39N3O6S. The van der Waals surface area contributed by atoms with Gasteiger partial charge in [-0.1, -0.05) is 55.8 Å². The number of ether oxygens (including phenoxy) is 2. The number of rotatable bonds is 13. The van der Waals surface area contributed by atoms with Crippen molar-refractivity contribution in [1.82, 2.24) is 10.2 Å². The zero-order valence-electron chi connectivity index (χ0n) is 24.5. The standard InChI is InChI=1S/C31H39N3O6S/c1-22(2)19-32-31(36)24(4)33(20-25-11-9-10-23(3)18-25)30(35)21-34(28-12-7-8-13-29(28)40-6)41(37,38)27-16-14-26(39-5)15-17-27/h7-18,22,24H,19-21H2,1-6H3,(H,32,36)/t24-/m0/s1. The molecule has 0 bridgehead atoms. The number of aryl methyl sites for hydroxylation is 1. The summed E-state index contributed by atoms with van der Waals surface area (Å²) in [4.78, 5) is 28.6. The molecule has 0 aliphatic rings. The Kier molecular flexibility index (Phi) is 10.8. The molecule has 0 fully saturated rings. The number of hydrogen-bond acceptors (Lipinski definition) is 6. The maximum Gasteiger partial charge on any atom is 0.264 e. The Balaban J connectivity index is 2.05. The highest BCUT2D eigenvalue weighted by Gasteiger charge is 2.33. The molecular weight excluding hydrogens is 542 g/mol. The summed E-state index contributed by atoms with van der Waals surface area (Å²) < 4.78 is 39.7. The highest BCUT2D eigenvalue weighted by molar-refractivity contribution is 7.92. The molecule has 0 heterocycles. The van der Waals surface area contributed by atoms with E-state index in [9.17, 15) is 18.0 Å². The number of methoxy groups -OCH3 is 2. The van der Waals surface area contributed by atoms with E-state index in [1.165, 1.54) is 31.3 Å². The van der Waals surface area contributed by atoms with E-state index in [1.807, 2.05) is 45.0 Å². The molecule has 41 heavy (non-hydrogen) atoms. The minimum absolute atomic E-state index is 0.0232. The molecule has 0 aromatic heterocycles. The quantitative estimate of drug-likeness (QED) is 0.321. The number of anilines is 1. The monoisotopic (exact) mass is 581 g/mol. The molecule has 0 saturated heterocycles. The Morgan fingerprint density at radius 2 is 1.59 bits per heavy atom. The fraction of sp³-hybridized carbons (Fsp3) is 0.355. The average Bonchev–Trinajstić information content (AvgIpc) is 2.96. The van der Waals surface area contributed by atoms with Crippen molar-refractivity contribution >= 4 is 27.5 Å². The summed E-state index contributed by atoms with van der Waals surface area (Å²) >= 11 is 0. The van der Waals surface area contributed by atoms with E-state index in [1.54, 1.807) is 43.3 Å². The molecule has 220 valence electrons. The molecule has 0 aliphatic carbocycles. The van der Waals surface area contributed by atoms with Crippen molar-refractivity contribution in [2.24, 2.45) is 5.92 Å². The van der Waals surface area contributed by atoms with Crippen molar-refractivity contribution in [3.05, 3.63) is 83.9 Å². The summed E-state index contributed by atoms with van der Waals surface area (Å²) in [7, 11) is -1.31. The first-order chi connectivity index (χ1) is 19.5. The highest BCUT2D eigenvalue weighted by Crippen LogP contribution is 2.33. The molecule has 10 heteroatoms. The third-order valence-electron chi connectivity index (χ3n) is 6.57. The molecule has 3 aromatic carbocycles. The summed E-state index contributed by atoms with van der Waals surface area (Å²) in [5, 5.41) is 2.89. The molecule has 0 radical (unpaired) electrons. The van der Waals surface area contributed by atoms with Crippen LogP contribution in [-0.2, 0) is 26.2 Å². The van der Waals surface area contributed by atoms with Crippen molar-refractivity contribution in [1.29, 1.82) is 0 Å². The summed E-state index contributed by atoms with van der Waals surface area (Å²) in [5.41, 5.74) is 2.03. The maximum absolute atomic E-state index is 14.1. The molecule has 1 N–H and O–H groups in total. The first-order valence-electron chi connectivity index (χ1n) is 13.4. The molecule has 3 aromatic rings. The van der Waals surface area contributed by atoms with Crippen molar-refractivity contribution in [3.63, 3.8) is 0 Å². The Bertz CT molecular complexity index is 1440. The Morgan fingerprint density at radius 3 is 2.20 bits per heavy atom. The van der Waals surface area contributed by atoms with Gasteiger partial charge in [-0.15, -0.1) is 0 Å². The topological polar surface area (TPSA) is 105 Å². The molecule has 3 rings (SSSR count). The number of carbonyl (C=O) groups is 2. The number of nitrogens with zero attached hydrogens (tertiary/aromatic N) is 2. The number of benzene rings is 3. The van der Waals surface area contributed by atoms with Gasteiger partial charge in [-0.2, -0.15) is 0 Å². The Hall–Kier alpha value is -4.05. The molecule has 2 amide bonds. The Labute approximate surface area is 243 Å². The van der Waals surface area contributed by atoms with Crippen LogP contribution >= 0.6 is 0 Å². The van der Waals surface area contributed by atoms with Crippen LogP contribution in [0.25, 0.3) is 0 Å². The lowest BCUT2D eigenvalue weighted by atomic mass is 10.1. The molecule has 9 nitrogen and oxygen atoms in total. The third-order valence-corrected chi connectivity index (χ3v) is 8.34. The van der Waals surface area contributed by atoms with E-state index in [0.29, 0.717) is 12.3 Å². The Morgan fingerprint density at radius 1 is 0.902 bits per heavy atom. The summed E-state index contributed by atoms with van der Waals surface area (Å²) in [6.07, 6.45) is 0. The van der Waals surface area contributed by atoms with Crippen LogP contribution in [0.4, 0.5) is 5.69 Å². The van der Waals surface area contributed by atoms with Gasteiger partial charge in [0.15, 0.2) is 0 Å².